The van der Waals surface area contributed by atoms with E-state index in [0.29, 0.717) is 0 Å². The first kappa shape index (κ1) is 14.6. The highest BCUT2D eigenvalue weighted by molar-refractivity contribution is 5.46. The quantitative estimate of drug-likeness (QED) is 0.857. The molecule has 0 spiro atoms. The van der Waals surface area contributed by atoms with Crippen molar-refractivity contribution in [2.75, 3.05) is 55.0 Å². The number of anilines is 3. The van der Waals surface area contributed by atoms with Crippen LogP contribution in [-0.2, 0) is 0 Å². The van der Waals surface area contributed by atoms with Gasteiger partial charge in [-0.15, -0.1) is 0 Å². The largest absolute Gasteiger partial charge is 0.363 e. The van der Waals surface area contributed by atoms with E-state index < -0.39 is 0 Å². The fourth-order valence-electron chi connectivity index (χ4n) is 2.57. The number of aryl methyl sites for hydroxylation is 1. The molecular weight excluding hydrogens is 276 g/mol. The maximum atomic E-state index is 4.61. The van der Waals surface area contributed by atoms with Crippen molar-refractivity contribution in [1.82, 2.24) is 15.0 Å². The van der Waals surface area contributed by atoms with Crippen LogP contribution in [0, 0.1) is 6.92 Å². The Bertz CT molecular complexity index is 634. The Labute approximate surface area is 131 Å². The van der Waals surface area contributed by atoms with Crippen molar-refractivity contribution < 1.29 is 0 Å². The molecule has 0 radical (unpaired) electrons. The summed E-state index contributed by atoms with van der Waals surface area (Å²) >= 11 is 0. The first-order valence-corrected chi connectivity index (χ1v) is 7.56. The lowest BCUT2D eigenvalue weighted by molar-refractivity contribution is 0.634. The Morgan fingerprint density at radius 1 is 0.955 bits per heavy atom. The Morgan fingerprint density at radius 3 is 2.32 bits per heavy atom. The third-order valence-electron chi connectivity index (χ3n) is 3.87. The first-order chi connectivity index (χ1) is 10.6. The summed E-state index contributed by atoms with van der Waals surface area (Å²) in [5, 5.41) is 0. The summed E-state index contributed by atoms with van der Waals surface area (Å²) in [6, 6.07) is 6.09. The normalized spacial score (nSPS) is 15.0. The van der Waals surface area contributed by atoms with E-state index in [0.717, 1.165) is 43.8 Å². The molecule has 6 nitrogen and oxygen atoms in total. The van der Waals surface area contributed by atoms with E-state index in [4.69, 9.17) is 0 Å². The van der Waals surface area contributed by atoms with Crippen LogP contribution in [0.5, 0.6) is 0 Å². The zero-order valence-electron chi connectivity index (χ0n) is 13.4. The molecule has 0 bridgehead atoms. The Hall–Kier alpha value is -2.37. The lowest BCUT2D eigenvalue weighted by Gasteiger charge is -2.35. The van der Waals surface area contributed by atoms with Crippen LogP contribution in [0.3, 0.4) is 0 Å². The molecule has 2 aromatic rings. The summed E-state index contributed by atoms with van der Waals surface area (Å²) in [5.74, 6) is 2.80. The molecule has 0 atom stereocenters. The van der Waals surface area contributed by atoms with Crippen molar-refractivity contribution in [3.8, 4) is 0 Å². The van der Waals surface area contributed by atoms with E-state index in [9.17, 15) is 0 Å². The van der Waals surface area contributed by atoms with Crippen molar-refractivity contribution >= 4 is 17.6 Å². The van der Waals surface area contributed by atoms with Crippen molar-refractivity contribution in [3.05, 3.63) is 36.2 Å². The van der Waals surface area contributed by atoms with Crippen LogP contribution < -0.4 is 14.7 Å². The number of nitrogens with zero attached hydrogens (tertiary/aromatic N) is 6. The summed E-state index contributed by atoms with van der Waals surface area (Å²) in [6.45, 7) is 5.79. The molecule has 0 N–H and O–H groups in total. The number of piperazine rings is 1. The molecule has 1 fully saturated rings. The van der Waals surface area contributed by atoms with E-state index in [1.54, 1.807) is 0 Å². The van der Waals surface area contributed by atoms with Gasteiger partial charge in [0.05, 0.1) is 0 Å². The second-order valence-electron chi connectivity index (χ2n) is 5.77. The molecule has 1 saturated heterocycles. The van der Waals surface area contributed by atoms with Crippen LogP contribution in [0.2, 0.25) is 0 Å². The molecule has 22 heavy (non-hydrogen) atoms. The summed E-state index contributed by atoms with van der Waals surface area (Å²) in [4.78, 5) is 20.0. The highest BCUT2D eigenvalue weighted by Crippen LogP contribution is 2.18. The van der Waals surface area contributed by atoms with Gasteiger partial charge >= 0.3 is 0 Å². The maximum absolute atomic E-state index is 4.61. The van der Waals surface area contributed by atoms with Gasteiger partial charge in [-0.05, 0) is 30.7 Å². The molecule has 6 heteroatoms. The molecule has 2 aromatic heterocycles. The minimum absolute atomic E-state index is 0.808. The highest BCUT2D eigenvalue weighted by atomic mass is 15.3. The van der Waals surface area contributed by atoms with Crippen LogP contribution in [0.15, 0.2) is 30.6 Å². The van der Waals surface area contributed by atoms with Crippen LogP contribution in [0.4, 0.5) is 17.6 Å². The molecule has 0 saturated carbocycles. The van der Waals surface area contributed by atoms with E-state index in [-0.39, 0.29) is 0 Å². The number of aromatic nitrogens is 3. The van der Waals surface area contributed by atoms with Crippen LogP contribution in [0.1, 0.15) is 5.56 Å². The van der Waals surface area contributed by atoms with Crippen molar-refractivity contribution in [3.63, 3.8) is 0 Å². The second-order valence-corrected chi connectivity index (χ2v) is 5.77. The van der Waals surface area contributed by atoms with Crippen molar-refractivity contribution in [2.24, 2.45) is 0 Å². The van der Waals surface area contributed by atoms with Gasteiger partial charge in [0.25, 0.3) is 0 Å². The van der Waals surface area contributed by atoms with Crippen LogP contribution in [-0.4, -0.2) is 55.2 Å². The Balaban J connectivity index is 1.68. The Morgan fingerprint density at radius 2 is 1.64 bits per heavy atom. The summed E-state index contributed by atoms with van der Waals surface area (Å²) in [5.41, 5.74) is 1.24. The van der Waals surface area contributed by atoms with Crippen LogP contribution in [0.25, 0.3) is 0 Å². The molecule has 0 amide bonds. The third-order valence-corrected chi connectivity index (χ3v) is 3.87. The van der Waals surface area contributed by atoms with Gasteiger partial charge in [0.1, 0.15) is 11.6 Å². The van der Waals surface area contributed by atoms with Crippen molar-refractivity contribution in [2.45, 2.75) is 6.92 Å². The van der Waals surface area contributed by atoms with E-state index in [1.807, 2.05) is 43.5 Å². The zero-order valence-corrected chi connectivity index (χ0v) is 13.4. The van der Waals surface area contributed by atoms with E-state index in [1.165, 1.54) is 5.56 Å². The van der Waals surface area contributed by atoms with Gasteiger partial charge in [0.15, 0.2) is 0 Å². The average molecular weight is 298 g/mol. The van der Waals surface area contributed by atoms with Gasteiger partial charge in [-0.25, -0.2) is 9.97 Å². The molecule has 0 unspecified atom stereocenters. The van der Waals surface area contributed by atoms with Crippen LogP contribution >= 0.6 is 0 Å². The topological polar surface area (TPSA) is 48.4 Å². The number of rotatable bonds is 3. The van der Waals surface area contributed by atoms with Gasteiger partial charge in [-0.1, -0.05) is 0 Å². The smallest absolute Gasteiger partial charge is 0.227 e. The predicted molar refractivity (Wildman–Crippen MR) is 89.8 cm³/mol. The minimum Gasteiger partial charge on any atom is -0.363 e. The molecule has 1 aliphatic heterocycles. The monoisotopic (exact) mass is 298 g/mol. The minimum atomic E-state index is 0.808. The number of hydrogen-bond acceptors (Lipinski definition) is 6. The SMILES string of the molecule is Cc1ccnc(N2CCN(c3nccc(N(C)C)n3)CC2)c1. The molecular formula is C16H22N6. The molecule has 0 aromatic carbocycles. The first-order valence-electron chi connectivity index (χ1n) is 7.56. The fraction of sp³-hybridized carbons (Fsp3) is 0.438. The predicted octanol–water partition coefficient (Wildman–Crippen LogP) is 1.57. The molecule has 3 rings (SSSR count). The van der Waals surface area contributed by atoms with Gasteiger partial charge in [0, 0.05) is 52.7 Å². The van der Waals surface area contributed by atoms with Gasteiger partial charge in [-0.2, -0.15) is 4.98 Å². The van der Waals surface area contributed by atoms with E-state index in [2.05, 4.69) is 37.7 Å². The van der Waals surface area contributed by atoms with Gasteiger partial charge < -0.3 is 14.7 Å². The standard InChI is InChI=1S/C16H22N6/c1-13-4-6-17-15(12-13)21-8-10-22(11-9-21)16-18-7-5-14(19-16)20(2)3/h4-7,12H,8-11H2,1-3H3. The molecule has 1 aliphatic rings. The number of hydrogen-bond donors (Lipinski definition) is 0. The van der Waals surface area contributed by atoms with Gasteiger partial charge in [-0.3, -0.25) is 0 Å². The van der Waals surface area contributed by atoms with Gasteiger partial charge in [0.2, 0.25) is 5.95 Å². The lowest BCUT2D eigenvalue weighted by Crippen LogP contribution is -2.47. The van der Waals surface area contributed by atoms with Crippen molar-refractivity contribution in [1.29, 1.82) is 0 Å². The molecule has 116 valence electrons. The molecule has 0 aliphatic carbocycles. The second kappa shape index (κ2) is 6.17. The lowest BCUT2D eigenvalue weighted by atomic mass is 10.2. The molecule has 3 heterocycles. The average Bonchev–Trinajstić information content (AvgIpc) is 2.55. The highest BCUT2D eigenvalue weighted by Gasteiger charge is 2.20. The zero-order chi connectivity index (χ0) is 15.5. The third kappa shape index (κ3) is 3.10. The summed E-state index contributed by atoms with van der Waals surface area (Å²) in [7, 11) is 3.99. The summed E-state index contributed by atoms with van der Waals surface area (Å²) < 4.78 is 0. The number of pyridine rings is 1. The van der Waals surface area contributed by atoms with E-state index >= 15 is 0 Å². The summed E-state index contributed by atoms with van der Waals surface area (Å²) in [6.07, 6.45) is 3.70. The Kier molecular flexibility index (Phi) is 4.09. The fourth-order valence-corrected chi connectivity index (χ4v) is 2.57. The maximum Gasteiger partial charge on any atom is 0.227 e.